The Hall–Kier alpha value is -2.93. The van der Waals surface area contributed by atoms with Gasteiger partial charge in [0.15, 0.2) is 0 Å². The van der Waals surface area contributed by atoms with Gasteiger partial charge in [0.25, 0.3) is 0 Å². The third kappa shape index (κ3) is 5.56. The number of anilines is 1. The van der Waals surface area contributed by atoms with Crippen LogP contribution >= 0.6 is 11.6 Å². The molecular formula is C18H19ClN2O5. The van der Waals surface area contributed by atoms with Gasteiger partial charge in [-0.15, -0.1) is 0 Å². The summed E-state index contributed by atoms with van der Waals surface area (Å²) in [5.41, 5.74) is 0.592. The fraction of sp³-hybridized carbons (Fsp3) is 0.222. The SMILES string of the molecule is COC(=O)c1ccc(Cl)c(NC(=O)NCCOc2cccc(OC)c2)c1. The molecule has 0 atom stereocenters. The lowest BCUT2D eigenvalue weighted by Crippen LogP contribution is -2.32. The fourth-order valence-electron chi connectivity index (χ4n) is 2.06. The molecule has 0 saturated carbocycles. The van der Waals surface area contributed by atoms with Crippen LogP contribution in [-0.2, 0) is 4.74 Å². The second kappa shape index (κ2) is 9.53. The number of nitrogens with one attached hydrogen (secondary N) is 2. The molecule has 0 spiro atoms. The molecule has 7 nitrogen and oxygen atoms in total. The molecule has 0 aliphatic heterocycles. The fourth-order valence-corrected chi connectivity index (χ4v) is 2.22. The van der Waals surface area contributed by atoms with Crippen LogP contribution in [0.5, 0.6) is 11.5 Å². The molecule has 8 heteroatoms. The highest BCUT2D eigenvalue weighted by Gasteiger charge is 2.11. The number of rotatable bonds is 7. The summed E-state index contributed by atoms with van der Waals surface area (Å²) in [5.74, 6) is 0.811. The first-order valence-electron chi connectivity index (χ1n) is 7.73. The standard InChI is InChI=1S/C18H19ClN2O5/c1-24-13-4-3-5-14(11-13)26-9-8-20-18(23)21-16-10-12(17(22)25-2)6-7-15(16)19/h3-7,10-11H,8-9H2,1-2H3,(H2,20,21,23). The summed E-state index contributed by atoms with van der Waals surface area (Å²) in [7, 11) is 2.85. The van der Waals surface area contributed by atoms with Crippen LogP contribution in [0.3, 0.4) is 0 Å². The Kier molecular flexibility index (Phi) is 7.11. The van der Waals surface area contributed by atoms with E-state index in [0.29, 0.717) is 22.2 Å². The number of hydrogen-bond acceptors (Lipinski definition) is 5. The van der Waals surface area contributed by atoms with Crippen LogP contribution in [0, 0.1) is 0 Å². The summed E-state index contributed by atoms with van der Waals surface area (Å²) < 4.78 is 15.3. The summed E-state index contributed by atoms with van der Waals surface area (Å²) in [6, 6.07) is 11.2. The van der Waals surface area contributed by atoms with Crippen molar-refractivity contribution in [2.45, 2.75) is 0 Å². The maximum Gasteiger partial charge on any atom is 0.337 e. The molecule has 0 unspecified atom stereocenters. The number of methoxy groups -OCH3 is 2. The first-order valence-corrected chi connectivity index (χ1v) is 8.11. The first kappa shape index (κ1) is 19.4. The maximum absolute atomic E-state index is 12.0. The second-order valence-corrected chi connectivity index (χ2v) is 5.50. The third-order valence-electron chi connectivity index (χ3n) is 3.33. The molecular weight excluding hydrogens is 360 g/mol. The average Bonchev–Trinajstić information content (AvgIpc) is 2.66. The molecule has 2 aromatic rings. The zero-order valence-corrected chi connectivity index (χ0v) is 15.1. The van der Waals surface area contributed by atoms with Gasteiger partial charge in [0.05, 0.1) is 37.0 Å². The van der Waals surface area contributed by atoms with E-state index in [1.54, 1.807) is 19.2 Å². The Bertz CT molecular complexity index is 782. The van der Waals surface area contributed by atoms with Gasteiger partial charge >= 0.3 is 12.0 Å². The van der Waals surface area contributed by atoms with E-state index in [-0.39, 0.29) is 18.7 Å². The van der Waals surface area contributed by atoms with Crippen molar-refractivity contribution < 1.29 is 23.8 Å². The van der Waals surface area contributed by atoms with Gasteiger partial charge in [-0.2, -0.15) is 0 Å². The Morgan fingerprint density at radius 3 is 2.58 bits per heavy atom. The minimum atomic E-state index is -0.517. The molecule has 0 saturated heterocycles. The normalized spacial score (nSPS) is 9.96. The molecule has 0 aliphatic carbocycles. The molecule has 0 bridgehead atoms. The summed E-state index contributed by atoms with van der Waals surface area (Å²) in [6.45, 7) is 0.549. The number of halogens is 1. The van der Waals surface area contributed by atoms with Gasteiger partial charge < -0.3 is 24.8 Å². The van der Waals surface area contributed by atoms with E-state index in [4.69, 9.17) is 21.1 Å². The summed E-state index contributed by atoms with van der Waals surface area (Å²) >= 11 is 6.03. The third-order valence-corrected chi connectivity index (χ3v) is 3.66. The predicted molar refractivity (Wildman–Crippen MR) is 98.3 cm³/mol. The topological polar surface area (TPSA) is 85.9 Å². The van der Waals surface area contributed by atoms with Crippen LogP contribution in [0.2, 0.25) is 5.02 Å². The van der Waals surface area contributed by atoms with Crippen molar-refractivity contribution in [3.63, 3.8) is 0 Å². The molecule has 0 radical (unpaired) electrons. The van der Waals surface area contributed by atoms with Crippen molar-refractivity contribution in [2.24, 2.45) is 0 Å². The van der Waals surface area contributed by atoms with E-state index in [0.717, 1.165) is 0 Å². The number of esters is 1. The maximum atomic E-state index is 12.0. The minimum Gasteiger partial charge on any atom is -0.497 e. The quantitative estimate of drug-likeness (QED) is 0.570. The second-order valence-electron chi connectivity index (χ2n) is 5.09. The highest BCUT2D eigenvalue weighted by atomic mass is 35.5. The van der Waals surface area contributed by atoms with Gasteiger partial charge in [0.1, 0.15) is 18.1 Å². The van der Waals surface area contributed by atoms with Crippen LogP contribution in [0.15, 0.2) is 42.5 Å². The molecule has 0 heterocycles. The molecule has 0 aliphatic rings. The van der Waals surface area contributed by atoms with Gasteiger partial charge in [-0.25, -0.2) is 9.59 Å². The van der Waals surface area contributed by atoms with Crippen LogP contribution < -0.4 is 20.1 Å². The lowest BCUT2D eigenvalue weighted by Gasteiger charge is -2.11. The smallest absolute Gasteiger partial charge is 0.337 e. The summed E-state index contributed by atoms with van der Waals surface area (Å²) in [6.07, 6.45) is 0. The van der Waals surface area contributed by atoms with Gasteiger partial charge in [0, 0.05) is 6.07 Å². The van der Waals surface area contributed by atoms with Crippen molar-refractivity contribution in [2.75, 3.05) is 32.7 Å². The van der Waals surface area contributed by atoms with Crippen molar-refractivity contribution in [1.29, 1.82) is 0 Å². The first-order chi connectivity index (χ1) is 12.5. The lowest BCUT2D eigenvalue weighted by atomic mass is 10.2. The molecule has 2 amide bonds. The number of carbonyl (C=O) groups excluding carboxylic acids is 2. The summed E-state index contributed by atoms with van der Waals surface area (Å²) in [5, 5.41) is 5.53. The minimum absolute atomic E-state index is 0.274. The Balaban J connectivity index is 1.82. The van der Waals surface area contributed by atoms with Gasteiger partial charge in [0.2, 0.25) is 0 Å². The average molecular weight is 379 g/mol. The molecule has 2 rings (SSSR count). The molecule has 2 aromatic carbocycles. The molecule has 0 fully saturated rings. The van der Waals surface area contributed by atoms with Gasteiger partial charge in [-0.05, 0) is 30.3 Å². The van der Waals surface area contributed by atoms with Crippen molar-refractivity contribution in [1.82, 2.24) is 5.32 Å². The number of carbonyl (C=O) groups is 2. The number of hydrogen-bond donors (Lipinski definition) is 2. The van der Waals surface area contributed by atoms with Crippen LogP contribution in [0.25, 0.3) is 0 Å². The highest BCUT2D eigenvalue weighted by molar-refractivity contribution is 6.33. The predicted octanol–water partition coefficient (Wildman–Crippen LogP) is 3.34. The van der Waals surface area contributed by atoms with Gasteiger partial charge in [-0.1, -0.05) is 17.7 Å². The van der Waals surface area contributed by atoms with Crippen molar-refractivity contribution >= 4 is 29.3 Å². The van der Waals surface area contributed by atoms with Crippen molar-refractivity contribution in [3.8, 4) is 11.5 Å². The van der Waals surface area contributed by atoms with E-state index >= 15 is 0 Å². The van der Waals surface area contributed by atoms with Crippen LogP contribution in [-0.4, -0.2) is 39.4 Å². The van der Waals surface area contributed by atoms with E-state index < -0.39 is 12.0 Å². The Morgan fingerprint density at radius 2 is 1.85 bits per heavy atom. The lowest BCUT2D eigenvalue weighted by molar-refractivity contribution is 0.0600. The zero-order chi connectivity index (χ0) is 18.9. The Morgan fingerprint density at radius 1 is 1.08 bits per heavy atom. The number of urea groups is 1. The number of benzene rings is 2. The summed E-state index contributed by atoms with van der Waals surface area (Å²) in [4.78, 5) is 23.5. The number of ether oxygens (including phenoxy) is 3. The number of amides is 2. The van der Waals surface area contributed by atoms with E-state index in [1.807, 2.05) is 12.1 Å². The zero-order valence-electron chi connectivity index (χ0n) is 14.4. The van der Waals surface area contributed by atoms with E-state index in [1.165, 1.54) is 25.3 Å². The monoisotopic (exact) mass is 378 g/mol. The van der Waals surface area contributed by atoms with Crippen LogP contribution in [0.1, 0.15) is 10.4 Å². The van der Waals surface area contributed by atoms with E-state index in [2.05, 4.69) is 15.4 Å². The van der Waals surface area contributed by atoms with Crippen LogP contribution in [0.4, 0.5) is 10.5 Å². The molecule has 138 valence electrons. The highest BCUT2D eigenvalue weighted by Crippen LogP contribution is 2.23. The van der Waals surface area contributed by atoms with E-state index in [9.17, 15) is 9.59 Å². The largest absolute Gasteiger partial charge is 0.497 e. The van der Waals surface area contributed by atoms with Gasteiger partial charge in [-0.3, -0.25) is 0 Å². The van der Waals surface area contributed by atoms with Crippen molar-refractivity contribution in [3.05, 3.63) is 53.1 Å². The molecule has 2 N–H and O–H groups in total. The molecule has 0 aromatic heterocycles. The molecule has 26 heavy (non-hydrogen) atoms. The Labute approximate surface area is 156 Å².